The molecule has 1 heterocycles. The summed E-state index contributed by atoms with van der Waals surface area (Å²) in [5, 5.41) is 9.93. The molecule has 0 bridgehead atoms. The highest BCUT2D eigenvalue weighted by molar-refractivity contribution is 5.21. The third-order valence-electron chi connectivity index (χ3n) is 3.65. The molecule has 1 atom stereocenters. The third-order valence-corrected chi connectivity index (χ3v) is 3.65. The van der Waals surface area contributed by atoms with Gasteiger partial charge in [-0.25, -0.2) is 4.79 Å². The molecule has 2 N–H and O–H groups in total. The number of aromatic hydroxyl groups is 1. The number of nitrogens with zero attached hydrogens (tertiary/aromatic N) is 1. The van der Waals surface area contributed by atoms with E-state index in [1.165, 1.54) is 11.5 Å². The van der Waals surface area contributed by atoms with E-state index in [0.29, 0.717) is 0 Å². The van der Waals surface area contributed by atoms with E-state index in [0.717, 1.165) is 19.3 Å². The fourth-order valence-electron chi connectivity index (χ4n) is 2.59. The van der Waals surface area contributed by atoms with Crippen molar-refractivity contribution in [2.24, 2.45) is 5.41 Å². The number of nitrogens with one attached hydrogen (secondary N) is 1. The van der Waals surface area contributed by atoms with Gasteiger partial charge in [-0.1, -0.05) is 13.8 Å². The Morgan fingerprint density at radius 3 is 2.59 bits per heavy atom. The molecule has 5 heteroatoms. The fraction of sp³-hybridized carbons (Fsp3) is 0.667. The Hall–Kier alpha value is -1.52. The van der Waals surface area contributed by atoms with Gasteiger partial charge in [-0.2, -0.15) is 0 Å². The quantitative estimate of drug-likeness (QED) is 0.774. The predicted molar refractivity (Wildman–Crippen MR) is 64.4 cm³/mol. The number of H-pyrrole nitrogens is 1. The maximum absolute atomic E-state index is 11.8. The van der Waals surface area contributed by atoms with Crippen molar-refractivity contribution < 1.29 is 5.11 Å². The molecule has 1 fully saturated rings. The maximum Gasteiger partial charge on any atom is 0.331 e. The highest BCUT2D eigenvalue weighted by Crippen LogP contribution is 2.43. The molecule has 0 spiro atoms. The largest absolute Gasteiger partial charge is 0.494 e. The first-order chi connectivity index (χ1) is 7.82. The summed E-state index contributed by atoms with van der Waals surface area (Å²) >= 11 is 0. The molecule has 0 aromatic carbocycles. The second-order valence-electron chi connectivity index (χ2n) is 5.64. The summed E-state index contributed by atoms with van der Waals surface area (Å²) in [5.74, 6) is -0.193. The van der Waals surface area contributed by atoms with Crippen LogP contribution in [0.15, 0.2) is 9.59 Å². The molecule has 1 aromatic rings. The Balaban J connectivity index is 2.51. The highest BCUT2D eigenvalue weighted by Gasteiger charge is 2.33. The van der Waals surface area contributed by atoms with Crippen LogP contribution in [0.1, 0.15) is 44.7 Å². The van der Waals surface area contributed by atoms with Crippen LogP contribution in [0.25, 0.3) is 0 Å². The van der Waals surface area contributed by atoms with Gasteiger partial charge in [-0.3, -0.25) is 14.3 Å². The number of rotatable bonds is 1. The molecule has 94 valence electrons. The lowest BCUT2D eigenvalue weighted by Crippen LogP contribution is -2.33. The summed E-state index contributed by atoms with van der Waals surface area (Å²) in [5.41, 5.74) is -0.642. The van der Waals surface area contributed by atoms with E-state index < -0.39 is 11.2 Å². The van der Waals surface area contributed by atoms with Gasteiger partial charge in [0.25, 0.3) is 5.56 Å². The number of aromatic nitrogens is 2. The van der Waals surface area contributed by atoms with Gasteiger partial charge in [0.2, 0.25) is 5.88 Å². The maximum atomic E-state index is 11.8. The molecule has 0 radical (unpaired) electrons. The molecular weight excluding hydrogens is 220 g/mol. The van der Waals surface area contributed by atoms with Crippen molar-refractivity contribution in [3.05, 3.63) is 26.4 Å². The monoisotopic (exact) mass is 238 g/mol. The summed E-state index contributed by atoms with van der Waals surface area (Å²) in [7, 11) is 0. The molecule has 0 amide bonds. The van der Waals surface area contributed by atoms with Crippen molar-refractivity contribution in [1.29, 1.82) is 0 Å². The van der Waals surface area contributed by atoms with Crippen molar-refractivity contribution in [3.8, 4) is 5.88 Å². The summed E-state index contributed by atoms with van der Waals surface area (Å²) in [6.45, 7) is 5.81. The van der Waals surface area contributed by atoms with Crippen molar-refractivity contribution in [1.82, 2.24) is 9.55 Å². The highest BCUT2D eigenvalue weighted by atomic mass is 16.3. The van der Waals surface area contributed by atoms with E-state index in [9.17, 15) is 14.7 Å². The van der Waals surface area contributed by atoms with E-state index in [1.54, 1.807) is 0 Å². The first-order valence-electron chi connectivity index (χ1n) is 5.86. The molecule has 2 rings (SSSR count). The van der Waals surface area contributed by atoms with E-state index in [2.05, 4.69) is 18.8 Å². The van der Waals surface area contributed by atoms with Crippen LogP contribution in [-0.2, 0) is 0 Å². The minimum Gasteiger partial charge on any atom is -0.494 e. The summed E-state index contributed by atoms with van der Waals surface area (Å²) < 4.78 is 1.32. The van der Waals surface area contributed by atoms with Crippen molar-refractivity contribution in [2.45, 2.75) is 46.1 Å². The van der Waals surface area contributed by atoms with Gasteiger partial charge in [0.1, 0.15) is 0 Å². The Bertz CT molecular complexity index is 554. The Morgan fingerprint density at radius 1 is 1.41 bits per heavy atom. The average molecular weight is 238 g/mol. The molecule has 1 unspecified atom stereocenters. The van der Waals surface area contributed by atoms with Gasteiger partial charge in [0, 0.05) is 6.04 Å². The Morgan fingerprint density at radius 2 is 2.06 bits per heavy atom. The second kappa shape index (κ2) is 3.75. The normalized spacial score (nSPS) is 22.9. The fourth-order valence-corrected chi connectivity index (χ4v) is 2.59. The standard InChI is InChI=1S/C12H18N2O3/c1-7-9(15)13-11(17)14(10(7)16)8-4-5-12(2,3)6-8/h8,16H,4-6H2,1-3H3,(H,13,15,17). The molecule has 5 nitrogen and oxygen atoms in total. The summed E-state index contributed by atoms with van der Waals surface area (Å²) in [6.07, 6.45) is 2.71. The van der Waals surface area contributed by atoms with Crippen LogP contribution in [0.4, 0.5) is 0 Å². The summed E-state index contributed by atoms with van der Waals surface area (Å²) in [6, 6.07) is -0.0203. The first kappa shape index (κ1) is 12.0. The predicted octanol–water partition coefficient (Wildman–Crippen LogP) is 1.30. The zero-order chi connectivity index (χ0) is 12.8. The molecular formula is C12H18N2O3. The van der Waals surface area contributed by atoms with E-state index in [4.69, 9.17) is 0 Å². The van der Waals surface area contributed by atoms with E-state index >= 15 is 0 Å². The Kier molecular flexibility index (Phi) is 2.64. The van der Waals surface area contributed by atoms with Gasteiger partial charge in [-0.15, -0.1) is 0 Å². The minimum absolute atomic E-state index is 0.0203. The van der Waals surface area contributed by atoms with Crippen molar-refractivity contribution >= 4 is 0 Å². The van der Waals surface area contributed by atoms with Gasteiger partial charge in [0.15, 0.2) is 0 Å². The molecule has 1 aliphatic rings. The van der Waals surface area contributed by atoms with Crippen LogP contribution in [0.3, 0.4) is 0 Å². The number of hydrogen-bond acceptors (Lipinski definition) is 3. The van der Waals surface area contributed by atoms with Crippen LogP contribution in [0, 0.1) is 12.3 Å². The lowest BCUT2D eigenvalue weighted by Gasteiger charge is -2.19. The number of hydrogen-bond donors (Lipinski definition) is 2. The molecule has 1 aliphatic carbocycles. The molecule has 0 aliphatic heterocycles. The van der Waals surface area contributed by atoms with Crippen LogP contribution in [0.5, 0.6) is 5.88 Å². The smallest absolute Gasteiger partial charge is 0.331 e. The van der Waals surface area contributed by atoms with Crippen molar-refractivity contribution in [3.63, 3.8) is 0 Å². The van der Waals surface area contributed by atoms with Crippen LogP contribution in [0.2, 0.25) is 0 Å². The van der Waals surface area contributed by atoms with Gasteiger partial charge >= 0.3 is 5.69 Å². The minimum atomic E-state index is -0.513. The van der Waals surface area contributed by atoms with Crippen molar-refractivity contribution in [2.75, 3.05) is 0 Å². The average Bonchev–Trinajstić information content (AvgIpc) is 2.55. The van der Waals surface area contributed by atoms with Crippen LogP contribution >= 0.6 is 0 Å². The lowest BCUT2D eigenvalue weighted by atomic mass is 9.92. The van der Waals surface area contributed by atoms with Gasteiger partial charge < -0.3 is 5.11 Å². The first-order valence-corrected chi connectivity index (χ1v) is 5.86. The molecule has 1 aromatic heterocycles. The molecule has 17 heavy (non-hydrogen) atoms. The third kappa shape index (κ3) is 2.01. The van der Waals surface area contributed by atoms with E-state index in [-0.39, 0.29) is 22.9 Å². The zero-order valence-corrected chi connectivity index (χ0v) is 10.4. The van der Waals surface area contributed by atoms with Gasteiger partial charge in [-0.05, 0) is 31.6 Å². The van der Waals surface area contributed by atoms with Gasteiger partial charge in [0.05, 0.1) is 5.56 Å². The summed E-state index contributed by atoms with van der Waals surface area (Å²) in [4.78, 5) is 25.3. The zero-order valence-electron chi connectivity index (χ0n) is 10.4. The Labute approximate surface area is 99.1 Å². The lowest BCUT2D eigenvalue weighted by molar-refractivity contribution is 0.325. The van der Waals surface area contributed by atoms with E-state index in [1.807, 2.05) is 0 Å². The molecule has 0 saturated heterocycles. The SMILES string of the molecule is Cc1c(O)n(C2CCC(C)(C)C2)c(=O)[nH]c1=O. The van der Waals surface area contributed by atoms with Crippen LogP contribution < -0.4 is 11.2 Å². The topological polar surface area (TPSA) is 75.1 Å². The molecule has 1 saturated carbocycles. The number of aromatic amines is 1. The van der Waals surface area contributed by atoms with Crippen LogP contribution in [-0.4, -0.2) is 14.7 Å². The second-order valence-corrected chi connectivity index (χ2v) is 5.64.